The van der Waals surface area contributed by atoms with Crippen LogP contribution in [0.5, 0.6) is 0 Å². The first kappa shape index (κ1) is 13.7. The maximum Gasteiger partial charge on any atom is 0.0552 e. The van der Waals surface area contributed by atoms with Gasteiger partial charge in [0.25, 0.3) is 0 Å². The predicted molar refractivity (Wildman–Crippen MR) is 68.5 cm³/mol. The molecule has 1 rings (SSSR count). The zero-order valence-corrected chi connectivity index (χ0v) is 10.7. The lowest BCUT2D eigenvalue weighted by atomic mass is 10.0. The van der Waals surface area contributed by atoms with Crippen LogP contribution in [0.25, 0.3) is 0 Å². The second kappa shape index (κ2) is 7.05. The Morgan fingerprint density at radius 1 is 1.62 bits per heavy atom. The maximum atomic E-state index is 9.52. The normalized spacial score (nSPS) is 23.6. The van der Waals surface area contributed by atoms with E-state index in [2.05, 4.69) is 23.7 Å². The van der Waals surface area contributed by atoms with Crippen LogP contribution in [0.1, 0.15) is 26.7 Å². The number of rotatable bonds is 7. The number of nitrogens with zero attached hydrogens (tertiary/aromatic N) is 1. The molecule has 0 aromatic carbocycles. The molecule has 0 aliphatic carbocycles. The molecule has 0 bridgehead atoms. The largest absolute Gasteiger partial charge is 0.393 e. The van der Waals surface area contributed by atoms with Crippen LogP contribution in [-0.2, 0) is 0 Å². The third kappa shape index (κ3) is 4.64. The van der Waals surface area contributed by atoms with Crippen LogP contribution in [0.2, 0.25) is 0 Å². The molecule has 0 amide bonds. The van der Waals surface area contributed by atoms with Gasteiger partial charge in [-0.3, -0.25) is 4.90 Å². The van der Waals surface area contributed by atoms with Crippen LogP contribution in [0.15, 0.2) is 12.2 Å². The molecule has 16 heavy (non-hydrogen) atoms. The van der Waals surface area contributed by atoms with Gasteiger partial charge in [0.05, 0.1) is 6.10 Å². The molecule has 3 heteroatoms. The quantitative estimate of drug-likeness (QED) is 0.506. The zero-order chi connectivity index (χ0) is 12.0. The van der Waals surface area contributed by atoms with Gasteiger partial charge in [0.15, 0.2) is 0 Å². The summed E-state index contributed by atoms with van der Waals surface area (Å²) < 4.78 is 0. The van der Waals surface area contributed by atoms with Gasteiger partial charge in [0.2, 0.25) is 0 Å². The van der Waals surface area contributed by atoms with Gasteiger partial charge in [-0.05, 0) is 44.3 Å². The standard InChI is InChI=1S/C13H26N2O/c1-4-6-14-8-11(2)9-15-7-5-13(10-15)12(3)16/h12-14,16H,2,4-10H2,1,3H3. The minimum atomic E-state index is -0.170. The minimum absolute atomic E-state index is 0.170. The third-order valence-electron chi connectivity index (χ3n) is 3.24. The molecular weight excluding hydrogens is 200 g/mol. The number of likely N-dealkylation sites (tertiary alicyclic amines) is 1. The van der Waals surface area contributed by atoms with Crippen molar-refractivity contribution in [1.29, 1.82) is 0 Å². The van der Waals surface area contributed by atoms with Gasteiger partial charge < -0.3 is 10.4 Å². The van der Waals surface area contributed by atoms with E-state index >= 15 is 0 Å². The average Bonchev–Trinajstić information content (AvgIpc) is 2.66. The Kier molecular flexibility index (Phi) is 6.03. The van der Waals surface area contributed by atoms with Crippen molar-refractivity contribution in [3.8, 4) is 0 Å². The van der Waals surface area contributed by atoms with E-state index in [0.717, 1.165) is 39.1 Å². The van der Waals surface area contributed by atoms with E-state index in [1.807, 2.05) is 6.92 Å². The molecule has 0 spiro atoms. The molecule has 1 fully saturated rings. The molecule has 1 heterocycles. The molecule has 2 N–H and O–H groups in total. The predicted octanol–water partition coefficient (Wildman–Crippen LogP) is 1.24. The number of aliphatic hydroxyl groups excluding tert-OH is 1. The Labute approximate surface area is 99.5 Å². The summed E-state index contributed by atoms with van der Waals surface area (Å²) in [7, 11) is 0. The molecule has 0 aromatic heterocycles. The maximum absolute atomic E-state index is 9.52. The summed E-state index contributed by atoms with van der Waals surface area (Å²) in [5, 5.41) is 12.9. The van der Waals surface area contributed by atoms with Crippen molar-refractivity contribution in [3.63, 3.8) is 0 Å². The highest BCUT2D eigenvalue weighted by Crippen LogP contribution is 2.19. The van der Waals surface area contributed by atoms with Crippen molar-refractivity contribution < 1.29 is 5.11 Å². The first-order valence-corrected chi connectivity index (χ1v) is 6.41. The highest BCUT2D eigenvalue weighted by atomic mass is 16.3. The Balaban J connectivity index is 2.16. The lowest BCUT2D eigenvalue weighted by molar-refractivity contribution is 0.128. The van der Waals surface area contributed by atoms with Gasteiger partial charge in [0, 0.05) is 19.6 Å². The highest BCUT2D eigenvalue weighted by molar-refractivity contribution is 5.01. The van der Waals surface area contributed by atoms with Crippen molar-refractivity contribution in [3.05, 3.63) is 12.2 Å². The summed E-state index contributed by atoms with van der Waals surface area (Å²) in [5.74, 6) is 0.455. The van der Waals surface area contributed by atoms with Gasteiger partial charge >= 0.3 is 0 Å². The summed E-state index contributed by atoms with van der Waals surface area (Å²) in [5.41, 5.74) is 1.25. The van der Waals surface area contributed by atoms with Gasteiger partial charge in [-0.15, -0.1) is 0 Å². The van der Waals surface area contributed by atoms with Crippen LogP contribution < -0.4 is 5.32 Å². The molecule has 2 atom stereocenters. The van der Waals surface area contributed by atoms with Gasteiger partial charge in [-0.1, -0.05) is 13.5 Å². The van der Waals surface area contributed by atoms with Crippen LogP contribution in [-0.4, -0.2) is 48.8 Å². The Morgan fingerprint density at radius 2 is 2.38 bits per heavy atom. The molecule has 2 unspecified atom stereocenters. The topological polar surface area (TPSA) is 35.5 Å². The molecule has 0 radical (unpaired) electrons. The molecule has 1 aliphatic heterocycles. The van der Waals surface area contributed by atoms with E-state index in [-0.39, 0.29) is 6.10 Å². The van der Waals surface area contributed by atoms with Crippen molar-refractivity contribution in [2.24, 2.45) is 5.92 Å². The van der Waals surface area contributed by atoms with E-state index in [1.165, 1.54) is 12.0 Å². The van der Waals surface area contributed by atoms with E-state index in [0.29, 0.717) is 5.92 Å². The van der Waals surface area contributed by atoms with Gasteiger partial charge in [0.1, 0.15) is 0 Å². The van der Waals surface area contributed by atoms with Crippen molar-refractivity contribution in [2.75, 3.05) is 32.7 Å². The summed E-state index contributed by atoms with van der Waals surface area (Å²) in [6.07, 6.45) is 2.12. The monoisotopic (exact) mass is 226 g/mol. The lowest BCUT2D eigenvalue weighted by Gasteiger charge is -2.18. The van der Waals surface area contributed by atoms with Gasteiger partial charge in [-0.2, -0.15) is 0 Å². The van der Waals surface area contributed by atoms with E-state index in [1.54, 1.807) is 0 Å². The molecule has 3 nitrogen and oxygen atoms in total. The average molecular weight is 226 g/mol. The SMILES string of the molecule is C=C(CNCCC)CN1CCC(C(C)O)C1. The minimum Gasteiger partial charge on any atom is -0.393 e. The lowest BCUT2D eigenvalue weighted by Crippen LogP contribution is -2.29. The van der Waals surface area contributed by atoms with Crippen molar-refractivity contribution in [1.82, 2.24) is 10.2 Å². The first-order chi connectivity index (χ1) is 7.63. The van der Waals surface area contributed by atoms with Crippen LogP contribution in [0, 0.1) is 5.92 Å². The fourth-order valence-electron chi connectivity index (χ4n) is 2.21. The third-order valence-corrected chi connectivity index (χ3v) is 3.24. The fourth-order valence-corrected chi connectivity index (χ4v) is 2.21. The number of aliphatic hydroxyl groups is 1. The van der Waals surface area contributed by atoms with Crippen molar-refractivity contribution in [2.45, 2.75) is 32.8 Å². The Morgan fingerprint density at radius 3 is 2.94 bits per heavy atom. The summed E-state index contributed by atoms with van der Waals surface area (Å²) in [6.45, 7) is 13.2. The van der Waals surface area contributed by atoms with E-state index in [4.69, 9.17) is 0 Å². The van der Waals surface area contributed by atoms with Crippen LogP contribution in [0.3, 0.4) is 0 Å². The van der Waals surface area contributed by atoms with E-state index in [9.17, 15) is 5.11 Å². The molecule has 94 valence electrons. The molecule has 0 aromatic rings. The number of nitrogens with one attached hydrogen (secondary N) is 1. The zero-order valence-electron chi connectivity index (χ0n) is 10.7. The molecular formula is C13H26N2O. The summed E-state index contributed by atoms with van der Waals surface area (Å²) in [4.78, 5) is 2.40. The number of hydrogen-bond donors (Lipinski definition) is 2. The second-order valence-electron chi connectivity index (χ2n) is 4.95. The smallest absolute Gasteiger partial charge is 0.0552 e. The summed E-state index contributed by atoms with van der Waals surface area (Å²) in [6, 6.07) is 0. The first-order valence-electron chi connectivity index (χ1n) is 6.41. The second-order valence-corrected chi connectivity index (χ2v) is 4.95. The molecule has 0 saturated carbocycles. The van der Waals surface area contributed by atoms with Crippen molar-refractivity contribution >= 4 is 0 Å². The summed E-state index contributed by atoms with van der Waals surface area (Å²) >= 11 is 0. The Bertz CT molecular complexity index is 216. The fraction of sp³-hybridized carbons (Fsp3) is 0.846. The van der Waals surface area contributed by atoms with Gasteiger partial charge in [-0.25, -0.2) is 0 Å². The number of hydrogen-bond acceptors (Lipinski definition) is 3. The van der Waals surface area contributed by atoms with E-state index < -0.39 is 0 Å². The van der Waals surface area contributed by atoms with Crippen LogP contribution in [0.4, 0.5) is 0 Å². The molecule has 1 aliphatic rings. The Hall–Kier alpha value is -0.380. The molecule has 1 saturated heterocycles. The van der Waals surface area contributed by atoms with Crippen LogP contribution >= 0.6 is 0 Å². The highest BCUT2D eigenvalue weighted by Gasteiger charge is 2.25.